The third-order valence-electron chi connectivity index (χ3n) is 7.34. The Bertz CT molecular complexity index is 1280. The number of amides is 2. The van der Waals surface area contributed by atoms with Crippen molar-refractivity contribution in [1.29, 1.82) is 5.26 Å². The Morgan fingerprint density at radius 1 is 1.11 bits per heavy atom. The van der Waals surface area contributed by atoms with Crippen LogP contribution in [0.25, 0.3) is 11.0 Å². The van der Waals surface area contributed by atoms with Gasteiger partial charge in [-0.25, -0.2) is 4.98 Å². The third kappa shape index (κ3) is 4.51. The zero-order valence-corrected chi connectivity index (χ0v) is 20.5. The molecule has 1 saturated carbocycles. The molecule has 0 radical (unpaired) electrons. The number of rotatable bonds is 6. The molecule has 1 aromatic carbocycles. The minimum atomic E-state index is -0.968. The minimum Gasteiger partial charge on any atom is -0.351 e. The van der Waals surface area contributed by atoms with E-state index in [0.717, 1.165) is 43.1 Å². The Kier molecular flexibility index (Phi) is 6.85. The van der Waals surface area contributed by atoms with Gasteiger partial charge in [-0.2, -0.15) is 5.26 Å². The van der Waals surface area contributed by atoms with Crippen LogP contribution in [0.15, 0.2) is 48.8 Å². The van der Waals surface area contributed by atoms with Crippen LogP contribution in [0.2, 0.25) is 0 Å². The Hall–Kier alpha value is -3.93. The fourth-order valence-corrected chi connectivity index (χ4v) is 5.48. The molecule has 9 nitrogen and oxygen atoms in total. The number of likely N-dealkylation sites (tertiary alicyclic amines) is 1. The van der Waals surface area contributed by atoms with E-state index in [1.165, 1.54) is 16.2 Å². The second-order valence-electron chi connectivity index (χ2n) is 9.65. The molecule has 0 bridgehead atoms. The van der Waals surface area contributed by atoms with E-state index < -0.39 is 12.1 Å². The predicted molar refractivity (Wildman–Crippen MR) is 136 cm³/mol. The van der Waals surface area contributed by atoms with Crippen LogP contribution < -0.4 is 10.2 Å². The maximum absolute atomic E-state index is 14.2. The predicted octanol–water partition coefficient (Wildman–Crippen LogP) is 3.44. The van der Waals surface area contributed by atoms with Crippen molar-refractivity contribution in [3.8, 4) is 6.19 Å². The quantitative estimate of drug-likeness (QED) is 0.536. The Morgan fingerprint density at radius 3 is 2.64 bits per heavy atom. The molecule has 1 saturated heterocycles. The summed E-state index contributed by atoms with van der Waals surface area (Å²) in [6.45, 7) is 0.523. The van der Waals surface area contributed by atoms with Crippen molar-refractivity contribution in [2.24, 2.45) is 7.05 Å². The second-order valence-corrected chi connectivity index (χ2v) is 9.65. The molecule has 3 heterocycles. The first-order chi connectivity index (χ1) is 17.6. The van der Waals surface area contributed by atoms with Crippen LogP contribution in [-0.4, -0.2) is 49.9 Å². The lowest BCUT2D eigenvalue weighted by molar-refractivity contribution is -0.128. The molecular formula is C27H31N7O2. The number of para-hydroxylation sites is 2. The van der Waals surface area contributed by atoms with Crippen LogP contribution in [0, 0.1) is 11.5 Å². The topological polar surface area (TPSA) is 107 Å². The number of nitriles is 1. The summed E-state index contributed by atoms with van der Waals surface area (Å²) in [4.78, 5) is 40.3. The van der Waals surface area contributed by atoms with Gasteiger partial charge in [0.15, 0.2) is 6.19 Å². The van der Waals surface area contributed by atoms with Gasteiger partial charge in [0, 0.05) is 37.6 Å². The number of aromatic nitrogens is 3. The highest BCUT2D eigenvalue weighted by Gasteiger charge is 2.42. The van der Waals surface area contributed by atoms with Gasteiger partial charge < -0.3 is 9.88 Å². The number of hydrogen-bond acceptors (Lipinski definition) is 6. The van der Waals surface area contributed by atoms with Crippen molar-refractivity contribution >= 4 is 28.8 Å². The summed E-state index contributed by atoms with van der Waals surface area (Å²) in [6, 6.07) is 9.69. The van der Waals surface area contributed by atoms with Crippen LogP contribution in [0.4, 0.5) is 5.95 Å². The first-order valence-electron chi connectivity index (χ1n) is 12.7. The molecule has 186 valence electrons. The number of imidazole rings is 1. The fraction of sp³-hybridized carbons (Fsp3) is 0.444. The molecule has 36 heavy (non-hydrogen) atoms. The molecular weight excluding hydrogens is 454 g/mol. The highest BCUT2D eigenvalue weighted by molar-refractivity contribution is 6.03. The normalized spacial score (nSPS) is 19.1. The maximum Gasteiger partial charge on any atom is 0.253 e. The van der Waals surface area contributed by atoms with Gasteiger partial charge in [-0.05, 0) is 43.9 Å². The summed E-state index contributed by atoms with van der Waals surface area (Å²) in [5, 5.41) is 12.9. The van der Waals surface area contributed by atoms with Crippen molar-refractivity contribution in [3.05, 3.63) is 54.4 Å². The maximum atomic E-state index is 14.2. The third-order valence-corrected chi connectivity index (χ3v) is 7.34. The number of anilines is 1. The number of aryl methyl sites for hydroxylation is 1. The molecule has 2 amide bonds. The summed E-state index contributed by atoms with van der Waals surface area (Å²) in [7, 11) is 1.85. The van der Waals surface area contributed by atoms with Gasteiger partial charge in [-0.15, -0.1) is 0 Å². The molecule has 1 unspecified atom stereocenters. The Morgan fingerprint density at radius 2 is 1.92 bits per heavy atom. The van der Waals surface area contributed by atoms with Gasteiger partial charge in [0.05, 0.1) is 11.0 Å². The van der Waals surface area contributed by atoms with E-state index in [9.17, 15) is 14.9 Å². The minimum absolute atomic E-state index is 0.0740. The van der Waals surface area contributed by atoms with Crippen LogP contribution >= 0.6 is 0 Å². The zero-order valence-electron chi connectivity index (χ0n) is 20.5. The zero-order chi connectivity index (χ0) is 25.1. The van der Waals surface area contributed by atoms with Crippen molar-refractivity contribution in [1.82, 2.24) is 24.8 Å². The van der Waals surface area contributed by atoms with E-state index >= 15 is 0 Å². The van der Waals surface area contributed by atoms with E-state index in [1.54, 1.807) is 18.5 Å². The molecule has 2 aromatic heterocycles. The lowest BCUT2D eigenvalue weighted by Gasteiger charge is -2.34. The summed E-state index contributed by atoms with van der Waals surface area (Å²) in [5.41, 5.74) is 2.19. The van der Waals surface area contributed by atoms with Crippen LogP contribution in [0.5, 0.6) is 0 Å². The average Bonchev–Trinajstić information content (AvgIpc) is 3.52. The molecule has 1 aliphatic carbocycles. The molecule has 5 rings (SSSR count). The van der Waals surface area contributed by atoms with Crippen LogP contribution in [0.1, 0.15) is 56.6 Å². The van der Waals surface area contributed by atoms with Gasteiger partial charge in [0.2, 0.25) is 11.9 Å². The fourth-order valence-electron chi connectivity index (χ4n) is 5.48. The number of fused-ring (bicyclic) bond motifs is 1. The number of nitrogens with one attached hydrogen (secondary N) is 1. The number of nitrogens with zero attached hydrogens (tertiary/aromatic N) is 6. The molecule has 2 fully saturated rings. The summed E-state index contributed by atoms with van der Waals surface area (Å²) in [5.74, 6) is -0.185. The standard InChI is InChI=1S/C27H31N7O2/c1-32-22-13-6-5-12-21(22)31-27(32)34(26(36)23-14-8-16-33(23)18-28)24(19-9-7-15-29-17-19)25(35)30-20-10-3-2-4-11-20/h5-7,9,12-13,15,17,20,23-24H,2-4,8,10-11,14,16H2,1H3,(H,30,35)/t23-,24?/m1/s1. The molecule has 0 spiro atoms. The summed E-state index contributed by atoms with van der Waals surface area (Å²) in [6.07, 6.45) is 11.9. The Balaban J connectivity index is 1.63. The number of hydrogen-bond donors (Lipinski definition) is 1. The number of carbonyl (C=O) groups is 2. The molecule has 2 atom stereocenters. The van der Waals surface area contributed by atoms with E-state index in [4.69, 9.17) is 4.98 Å². The highest BCUT2D eigenvalue weighted by atomic mass is 16.2. The van der Waals surface area contributed by atoms with Crippen LogP contribution in [-0.2, 0) is 16.6 Å². The number of benzene rings is 1. The average molecular weight is 486 g/mol. The van der Waals surface area contributed by atoms with Crippen molar-refractivity contribution in [2.45, 2.75) is 63.1 Å². The summed E-state index contributed by atoms with van der Waals surface area (Å²) >= 11 is 0. The van der Waals surface area contributed by atoms with E-state index in [2.05, 4.69) is 16.5 Å². The SMILES string of the molecule is Cn1c(N(C(=O)[C@H]2CCCN2C#N)C(C(=O)NC2CCCCC2)c2cccnc2)nc2ccccc21. The number of carbonyl (C=O) groups excluding carboxylic acids is 2. The van der Waals surface area contributed by atoms with E-state index in [-0.39, 0.29) is 17.9 Å². The van der Waals surface area contributed by atoms with E-state index in [1.807, 2.05) is 41.9 Å². The van der Waals surface area contributed by atoms with E-state index in [0.29, 0.717) is 24.5 Å². The van der Waals surface area contributed by atoms with Crippen LogP contribution in [0.3, 0.4) is 0 Å². The van der Waals surface area contributed by atoms with Crippen molar-refractivity contribution in [2.75, 3.05) is 11.4 Å². The molecule has 9 heteroatoms. The van der Waals surface area contributed by atoms with Gasteiger partial charge in [-0.3, -0.25) is 24.4 Å². The first kappa shape index (κ1) is 23.8. The largest absolute Gasteiger partial charge is 0.351 e. The lowest BCUT2D eigenvalue weighted by atomic mass is 9.94. The number of pyridine rings is 1. The smallest absolute Gasteiger partial charge is 0.253 e. The lowest BCUT2D eigenvalue weighted by Crippen LogP contribution is -2.52. The van der Waals surface area contributed by atoms with Crippen molar-refractivity contribution in [3.63, 3.8) is 0 Å². The van der Waals surface area contributed by atoms with Gasteiger partial charge in [-0.1, -0.05) is 37.5 Å². The monoisotopic (exact) mass is 485 g/mol. The molecule has 3 aromatic rings. The second kappa shape index (κ2) is 10.4. The van der Waals surface area contributed by atoms with Gasteiger partial charge in [0.1, 0.15) is 12.1 Å². The van der Waals surface area contributed by atoms with Gasteiger partial charge in [0.25, 0.3) is 5.91 Å². The van der Waals surface area contributed by atoms with Crippen molar-refractivity contribution < 1.29 is 9.59 Å². The van der Waals surface area contributed by atoms with Gasteiger partial charge >= 0.3 is 0 Å². The molecule has 1 N–H and O–H groups in total. The Labute approximate surface area is 210 Å². The first-order valence-corrected chi connectivity index (χ1v) is 12.7. The summed E-state index contributed by atoms with van der Waals surface area (Å²) < 4.78 is 1.84. The molecule has 1 aliphatic heterocycles. The highest BCUT2D eigenvalue weighted by Crippen LogP contribution is 2.33. The molecule has 2 aliphatic rings.